The van der Waals surface area contributed by atoms with Crippen LogP contribution in [0.5, 0.6) is 0 Å². The molecule has 0 saturated carbocycles. The molecule has 6 heteroatoms. The predicted octanol–water partition coefficient (Wildman–Crippen LogP) is 3.57. The van der Waals surface area contributed by atoms with Crippen LogP contribution in [-0.4, -0.2) is 17.0 Å². The van der Waals surface area contributed by atoms with Gasteiger partial charge in [0.05, 0.1) is 10.7 Å². The summed E-state index contributed by atoms with van der Waals surface area (Å²) < 4.78 is 0. The first-order valence-corrected chi connectivity index (χ1v) is 5.66. The van der Waals surface area contributed by atoms with E-state index in [1.165, 1.54) is 6.33 Å². The van der Waals surface area contributed by atoms with Crippen molar-refractivity contribution in [2.75, 3.05) is 17.7 Å². The number of anilines is 3. The minimum Gasteiger partial charge on any atom is -0.373 e. The molecule has 0 spiro atoms. The number of rotatable bonds is 3. The molecule has 1 aromatic heterocycles. The van der Waals surface area contributed by atoms with E-state index in [2.05, 4.69) is 20.6 Å². The Balaban J connectivity index is 2.27. The lowest BCUT2D eigenvalue weighted by Crippen LogP contribution is -1.98. The maximum absolute atomic E-state index is 6.04. The van der Waals surface area contributed by atoms with Crippen LogP contribution in [0.1, 0.15) is 0 Å². The molecule has 1 heterocycles. The van der Waals surface area contributed by atoms with Gasteiger partial charge in [0.2, 0.25) is 0 Å². The Bertz CT molecular complexity index is 531. The molecule has 0 aliphatic carbocycles. The first-order valence-electron chi connectivity index (χ1n) is 4.91. The molecular formula is C11H10Cl2N4. The monoisotopic (exact) mass is 268 g/mol. The zero-order valence-electron chi connectivity index (χ0n) is 9.04. The Hall–Kier alpha value is -1.52. The van der Waals surface area contributed by atoms with Crippen molar-refractivity contribution < 1.29 is 0 Å². The molecule has 0 atom stereocenters. The molecule has 2 N–H and O–H groups in total. The van der Waals surface area contributed by atoms with E-state index in [0.717, 1.165) is 5.82 Å². The lowest BCUT2D eigenvalue weighted by Gasteiger charge is -2.08. The van der Waals surface area contributed by atoms with E-state index in [-0.39, 0.29) is 0 Å². The first kappa shape index (κ1) is 12.0. The summed E-state index contributed by atoms with van der Waals surface area (Å²) in [5.41, 5.74) is 0.708. The van der Waals surface area contributed by atoms with Crippen molar-refractivity contribution >= 4 is 40.5 Å². The standard InChI is InChI=1S/C11H10Cl2N4/c1-14-10-5-11(16-6-15-10)17-9-4-7(12)2-3-8(9)13/h2-6H,1H3,(H2,14,15,16,17). The van der Waals surface area contributed by atoms with Crippen molar-refractivity contribution in [2.24, 2.45) is 0 Å². The molecule has 1 aromatic carbocycles. The van der Waals surface area contributed by atoms with E-state index in [1.807, 2.05) is 0 Å². The molecular weight excluding hydrogens is 259 g/mol. The lowest BCUT2D eigenvalue weighted by atomic mass is 10.3. The lowest BCUT2D eigenvalue weighted by molar-refractivity contribution is 1.16. The molecule has 0 radical (unpaired) electrons. The van der Waals surface area contributed by atoms with Crippen LogP contribution < -0.4 is 10.6 Å². The van der Waals surface area contributed by atoms with Gasteiger partial charge in [-0.25, -0.2) is 9.97 Å². The highest BCUT2D eigenvalue weighted by molar-refractivity contribution is 6.35. The number of halogens is 2. The van der Waals surface area contributed by atoms with Gasteiger partial charge in [-0.3, -0.25) is 0 Å². The molecule has 88 valence electrons. The van der Waals surface area contributed by atoms with Crippen molar-refractivity contribution in [2.45, 2.75) is 0 Å². The quantitative estimate of drug-likeness (QED) is 0.894. The van der Waals surface area contributed by atoms with Gasteiger partial charge in [0.25, 0.3) is 0 Å². The second-order valence-electron chi connectivity index (χ2n) is 3.29. The highest BCUT2D eigenvalue weighted by atomic mass is 35.5. The van der Waals surface area contributed by atoms with Crippen LogP contribution in [0.25, 0.3) is 0 Å². The van der Waals surface area contributed by atoms with Crippen molar-refractivity contribution in [1.82, 2.24) is 9.97 Å². The third-order valence-corrected chi connectivity index (χ3v) is 2.68. The maximum Gasteiger partial charge on any atom is 0.135 e. The Kier molecular flexibility index (Phi) is 3.66. The van der Waals surface area contributed by atoms with Crippen LogP contribution in [0.15, 0.2) is 30.6 Å². The van der Waals surface area contributed by atoms with Gasteiger partial charge in [-0.05, 0) is 18.2 Å². The van der Waals surface area contributed by atoms with Crippen molar-refractivity contribution in [3.63, 3.8) is 0 Å². The summed E-state index contributed by atoms with van der Waals surface area (Å²) in [6.07, 6.45) is 1.46. The highest BCUT2D eigenvalue weighted by Crippen LogP contribution is 2.27. The second kappa shape index (κ2) is 5.21. The molecule has 0 aliphatic rings. The highest BCUT2D eigenvalue weighted by Gasteiger charge is 2.03. The van der Waals surface area contributed by atoms with E-state index in [4.69, 9.17) is 23.2 Å². The summed E-state index contributed by atoms with van der Waals surface area (Å²) in [5, 5.41) is 7.20. The number of hydrogen-bond donors (Lipinski definition) is 2. The number of hydrogen-bond acceptors (Lipinski definition) is 4. The van der Waals surface area contributed by atoms with Gasteiger partial charge in [0, 0.05) is 18.1 Å². The van der Waals surface area contributed by atoms with E-state index in [9.17, 15) is 0 Å². The zero-order chi connectivity index (χ0) is 12.3. The second-order valence-corrected chi connectivity index (χ2v) is 4.13. The smallest absolute Gasteiger partial charge is 0.135 e. The van der Waals surface area contributed by atoms with Crippen LogP contribution in [0.4, 0.5) is 17.3 Å². The molecule has 0 saturated heterocycles. The predicted molar refractivity (Wildman–Crippen MR) is 71.3 cm³/mol. The minimum absolute atomic E-state index is 0.582. The molecule has 0 bridgehead atoms. The van der Waals surface area contributed by atoms with Crippen LogP contribution in [0, 0.1) is 0 Å². The molecule has 0 amide bonds. The van der Waals surface area contributed by atoms with E-state index in [0.29, 0.717) is 21.6 Å². The summed E-state index contributed by atoms with van der Waals surface area (Å²) in [4.78, 5) is 8.11. The molecule has 4 nitrogen and oxygen atoms in total. The summed E-state index contributed by atoms with van der Waals surface area (Å²) in [5.74, 6) is 1.37. The van der Waals surface area contributed by atoms with Crippen molar-refractivity contribution in [3.05, 3.63) is 40.6 Å². The number of nitrogens with one attached hydrogen (secondary N) is 2. The zero-order valence-corrected chi connectivity index (χ0v) is 10.5. The van der Waals surface area contributed by atoms with Gasteiger partial charge >= 0.3 is 0 Å². The molecule has 2 aromatic rings. The molecule has 2 rings (SSSR count). The molecule has 0 unspecified atom stereocenters. The van der Waals surface area contributed by atoms with Crippen LogP contribution in [0.2, 0.25) is 10.0 Å². The van der Waals surface area contributed by atoms with Gasteiger partial charge in [-0.2, -0.15) is 0 Å². The average Bonchev–Trinajstić information content (AvgIpc) is 2.34. The van der Waals surface area contributed by atoms with Gasteiger partial charge in [0.1, 0.15) is 18.0 Å². The summed E-state index contributed by atoms with van der Waals surface area (Å²) >= 11 is 11.9. The molecule has 0 fully saturated rings. The minimum atomic E-state index is 0.582. The van der Waals surface area contributed by atoms with Crippen LogP contribution >= 0.6 is 23.2 Å². The molecule has 0 aliphatic heterocycles. The number of nitrogens with zero attached hydrogens (tertiary/aromatic N) is 2. The maximum atomic E-state index is 6.04. The molecule has 17 heavy (non-hydrogen) atoms. The van der Waals surface area contributed by atoms with Crippen molar-refractivity contribution in [3.8, 4) is 0 Å². The van der Waals surface area contributed by atoms with Crippen LogP contribution in [-0.2, 0) is 0 Å². The first-order chi connectivity index (χ1) is 8.19. The fourth-order valence-corrected chi connectivity index (χ4v) is 1.63. The van der Waals surface area contributed by atoms with Gasteiger partial charge in [0.15, 0.2) is 0 Å². The SMILES string of the molecule is CNc1cc(Nc2cc(Cl)ccc2Cl)ncn1. The number of aromatic nitrogens is 2. The summed E-state index contributed by atoms with van der Waals surface area (Å²) in [6, 6.07) is 6.97. The number of benzene rings is 1. The summed E-state index contributed by atoms with van der Waals surface area (Å²) in [6.45, 7) is 0. The topological polar surface area (TPSA) is 49.8 Å². The van der Waals surface area contributed by atoms with Gasteiger partial charge < -0.3 is 10.6 Å². The summed E-state index contributed by atoms with van der Waals surface area (Å²) in [7, 11) is 1.79. The average molecular weight is 269 g/mol. The fourth-order valence-electron chi connectivity index (χ4n) is 1.29. The van der Waals surface area contributed by atoms with E-state index < -0.39 is 0 Å². The third kappa shape index (κ3) is 2.99. The van der Waals surface area contributed by atoms with Crippen molar-refractivity contribution in [1.29, 1.82) is 0 Å². The Morgan fingerprint density at radius 1 is 1.06 bits per heavy atom. The van der Waals surface area contributed by atoms with Crippen LogP contribution in [0.3, 0.4) is 0 Å². The third-order valence-electron chi connectivity index (χ3n) is 2.11. The largest absolute Gasteiger partial charge is 0.373 e. The Labute approximate surface area is 109 Å². The van der Waals surface area contributed by atoms with Gasteiger partial charge in [-0.15, -0.1) is 0 Å². The normalized spacial score (nSPS) is 10.1. The van der Waals surface area contributed by atoms with E-state index >= 15 is 0 Å². The fraction of sp³-hybridized carbons (Fsp3) is 0.0909. The Morgan fingerprint density at radius 2 is 1.82 bits per heavy atom. The van der Waals surface area contributed by atoms with E-state index in [1.54, 1.807) is 31.3 Å². The Morgan fingerprint density at radius 3 is 2.59 bits per heavy atom. The van der Waals surface area contributed by atoms with Gasteiger partial charge in [-0.1, -0.05) is 23.2 Å².